The highest BCUT2D eigenvalue weighted by molar-refractivity contribution is 6.01. The quantitative estimate of drug-likeness (QED) is 0.552. The number of carbonyl (C=O) groups is 1. The van der Waals surface area contributed by atoms with Crippen LogP contribution in [0.5, 0.6) is 5.75 Å². The molecule has 0 bridgehead atoms. The van der Waals surface area contributed by atoms with Crippen molar-refractivity contribution in [1.82, 2.24) is 14.3 Å². The molecule has 152 valence electrons. The minimum Gasteiger partial charge on any atom is -0.497 e. The summed E-state index contributed by atoms with van der Waals surface area (Å²) < 4.78 is 22.3. The van der Waals surface area contributed by atoms with E-state index < -0.39 is 17.3 Å². The Kier molecular flexibility index (Phi) is 5.05. The number of amides is 1. The van der Waals surface area contributed by atoms with E-state index in [-0.39, 0.29) is 17.8 Å². The number of fused-ring (bicyclic) bond motifs is 1. The van der Waals surface area contributed by atoms with Crippen molar-refractivity contribution >= 4 is 22.5 Å². The Bertz CT molecular complexity index is 1310. The number of benzene rings is 2. The van der Waals surface area contributed by atoms with Crippen LogP contribution in [0.25, 0.3) is 22.2 Å². The number of methoxy groups -OCH3 is 1. The summed E-state index contributed by atoms with van der Waals surface area (Å²) in [5.41, 5.74) is 1.61. The normalized spacial score (nSPS) is 10.9. The van der Waals surface area contributed by atoms with Crippen LogP contribution in [0.3, 0.4) is 0 Å². The van der Waals surface area contributed by atoms with Gasteiger partial charge >= 0.3 is 0 Å². The van der Waals surface area contributed by atoms with E-state index in [1.54, 1.807) is 12.1 Å². The number of anilines is 1. The van der Waals surface area contributed by atoms with Crippen LogP contribution in [-0.2, 0) is 18.4 Å². The molecule has 0 aliphatic heterocycles. The average Bonchev–Trinajstić information content (AvgIpc) is 3.12. The molecule has 0 fully saturated rings. The Labute approximate surface area is 171 Å². The number of carbonyl (C=O) groups excluding carboxylic acids is 1. The predicted octanol–water partition coefficient (Wildman–Crippen LogP) is 3.19. The van der Waals surface area contributed by atoms with Crippen molar-refractivity contribution in [3.05, 3.63) is 77.0 Å². The van der Waals surface area contributed by atoms with Gasteiger partial charge in [0.2, 0.25) is 5.91 Å². The average molecular weight is 406 g/mol. The monoisotopic (exact) mass is 406 g/mol. The molecule has 0 spiro atoms. The van der Waals surface area contributed by atoms with E-state index in [0.717, 1.165) is 15.6 Å². The molecule has 2 heterocycles. The third-order valence-electron chi connectivity index (χ3n) is 4.81. The Balaban J connectivity index is 1.59. The van der Waals surface area contributed by atoms with Crippen molar-refractivity contribution in [2.45, 2.75) is 6.54 Å². The summed E-state index contributed by atoms with van der Waals surface area (Å²) in [7, 11) is 3.36. The maximum Gasteiger partial charge on any atom is 0.267 e. The number of hydrogen-bond acceptors (Lipinski definition) is 4. The lowest BCUT2D eigenvalue weighted by atomic mass is 10.1. The molecule has 2 aromatic heterocycles. The molecule has 0 saturated carbocycles. The third-order valence-corrected chi connectivity index (χ3v) is 4.81. The van der Waals surface area contributed by atoms with Gasteiger partial charge in [0.05, 0.1) is 18.5 Å². The maximum atomic E-state index is 14.4. The summed E-state index contributed by atoms with van der Waals surface area (Å²) in [5, 5.41) is 7.87. The summed E-state index contributed by atoms with van der Waals surface area (Å²) in [5.74, 6) is -0.570. The van der Waals surface area contributed by atoms with Gasteiger partial charge in [-0.05, 0) is 36.4 Å². The third kappa shape index (κ3) is 3.67. The second kappa shape index (κ2) is 7.82. The highest BCUT2D eigenvalue weighted by atomic mass is 19.1. The van der Waals surface area contributed by atoms with Gasteiger partial charge < -0.3 is 14.6 Å². The smallest absolute Gasteiger partial charge is 0.267 e. The van der Waals surface area contributed by atoms with E-state index in [0.29, 0.717) is 11.4 Å². The van der Waals surface area contributed by atoms with Gasteiger partial charge in [0.1, 0.15) is 18.1 Å². The van der Waals surface area contributed by atoms with Gasteiger partial charge in [-0.1, -0.05) is 6.07 Å². The van der Waals surface area contributed by atoms with Crippen LogP contribution in [0.4, 0.5) is 10.1 Å². The van der Waals surface area contributed by atoms with Gasteiger partial charge in [0.25, 0.3) is 5.56 Å². The van der Waals surface area contributed by atoms with Crippen LogP contribution in [0.15, 0.2) is 65.6 Å². The van der Waals surface area contributed by atoms with Crippen molar-refractivity contribution in [3.8, 4) is 17.0 Å². The van der Waals surface area contributed by atoms with Crippen molar-refractivity contribution < 1.29 is 13.9 Å². The molecule has 0 atom stereocenters. The number of hydrogen-bond donors (Lipinski definition) is 1. The fourth-order valence-corrected chi connectivity index (χ4v) is 3.27. The molecule has 30 heavy (non-hydrogen) atoms. The predicted molar refractivity (Wildman–Crippen MR) is 112 cm³/mol. The summed E-state index contributed by atoms with van der Waals surface area (Å²) in [4.78, 5) is 24.8. The lowest BCUT2D eigenvalue weighted by molar-refractivity contribution is -0.117. The van der Waals surface area contributed by atoms with E-state index in [4.69, 9.17) is 4.74 Å². The molecule has 0 unspecified atom stereocenters. The molecular weight excluding hydrogens is 387 g/mol. The van der Waals surface area contributed by atoms with Crippen LogP contribution in [0, 0.1) is 5.82 Å². The fraction of sp³-hybridized carbons (Fsp3) is 0.136. The standard InChI is InChI=1S/C22H19FN4O3/c1-26-11-10-16-18(4-3-5-20(16)26)24-21(28)13-27-22(29)9-8-19(25-27)15-7-6-14(30-2)12-17(15)23/h3-12H,13H2,1-2H3,(H,24,28). The van der Waals surface area contributed by atoms with E-state index in [9.17, 15) is 14.0 Å². The van der Waals surface area contributed by atoms with Crippen LogP contribution in [0.2, 0.25) is 0 Å². The molecule has 0 saturated heterocycles. The molecule has 4 rings (SSSR count). The number of halogens is 1. The molecule has 2 aromatic carbocycles. The molecule has 8 heteroatoms. The fourth-order valence-electron chi connectivity index (χ4n) is 3.27. The minimum absolute atomic E-state index is 0.207. The first-order valence-electron chi connectivity index (χ1n) is 9.22. The second-order valence-electron chi connectivity index (χ2n) is 6.77. The Morgan fingerprint density at radius 1 is 1.17 bits per heavy atom. The number of ether oxygens (including phenoxy) is 1. The number of aryl methyl sites for hydroxylation is 1. The van der Waals surface area contributed by atoms with Crippen LogP contribution < -0.4 is 15.6 Å². The second-order valence-corrected chi connectivity index (χ2v) is 6.77. The first-order chi connectivity index (χ1) is 14.5. The largest absolute Gasteiger partial charge is 0.497 e. The lowest BCUT2D eigenvalue weighted by Gasteiger charge is -2.10. The van der Waals surface area contributed by atoms with Crippen LogP contribution >= 0.6 is 0 Å². The van der Waals surface area contributed by atoms with Gasteiger partial charge in [-0.3, -0.25) is 9.59 Å². The van der Waals surface area contributed by atoms with E-state index in [1.165, 1.54) is 31.4 Å². The number of nitrogens with one attached hydrogen (secondary N) is 1. The zero-order valence-corrected chi connectivity index (χ0v) is 16.4. The lowest BCUT2D eigenvalue weighted by Crippen LogP contribution is -2.29. The summed E-state index contributed by atoms with van der Waals surface area (Å²) in [6.07, 6.45) is 1.90. The zero-order valence-electron chi connectivity index (χ0n) is 16.4. The molecule has 0 aliphatic carbocycles. The van der Waals surface area contributed by atoms with Gasteiger partial charge in [-0.15, -0.1) is 0 Å². The van der Waals surface area contributed by atoms with Gasteiger partial charge in [-0.2, -0.15) is 5.10 Å². The molecule has 1 amide bonds. The highest BCUT2D eigenvalue weighted by Crippen LogP contribution is 2.25. The van der Waals surface area contributed by atoms with E-state index in [2.05, 4.69) is 10.4 Å². The number of rotatable bonds is 5. The first kappa shape index (κ1) is 19.4. The maximum absolute atomic E-state index is 14.4. The van der Waals surface area contributed by atoms with Crippen molar-refractivity contribution in [2.24, 2.45) is 7.05 Å². The summed E-state index contributed by atoms with van der Waals surface area (Å²) in [6, 6.07) is 14.5. The highest BCUT2D eigenvalue weighted by Gasteiger charge is 2.13. The summed E-state index contributed by atoms with van der Waals surface area (Å²) >= 11 is 0. The minimum atomic E-state index is -0.535. The van der Waals surface area contributed by atoms with E-state index >= 15 is 0 Å². The van der Waals surface area contributed by atoms with Gasteiger partial charge in [0, 0.05) is 41.8 Å². The van der Waals surface area contributed by atoms with Crippen molar-refractivity contribution in [1.29, 1.82) is 0 Å². The Hall–Kier alpha value is -3.94. The van der Waals surface area contributed by atoms with Gasteiger partial charge in [0.15, 0.2) is 0 Å². The number of nitrogens with zero attached hydrogens (tertiary/aromatic N) is 3. The van der Waals surface area contributed by atoms with Gasteiger partial charge in [-0.25, -0.2) is 9.07 Å². The molecule has 1 N–H and O–H groups in total. The molecule has 4 aromatic rings. The van der Waals surface area contributed by atoms with Crippen molar-refractivity contribution in [2.75, 3.05) is 12.4 Å². The summed E-state index contributed by atoms with van der Waals surface area (Å²) in [6.45, 7) is -0.298. The van der Waals surface area contributed by atoms with Crippen LogP contribution in [-0.4, -0.2) is 27.4 Å². The SMILES string of the molecule is COc1ccc(-c2ccc(=O)n(CC(=O)Nc3cccc4c3ccn4C)n2)c(F)c1. The molecule has 0 radical (unpaired) electrons. The zero-order chi connectivity index (χ0) is 21.3. The number of aromatic nitrogens is 3. The van der Waals surface area contributed by atoms with Crippen molar-refractivity contribution in [3.63, 3.8) is 0 Å². The first-order valence-corrected chi connectivity index (χ1v) is 9.22. The van der Waals surface area contributed by atoms with Crippen LogP contribution in [0.1, 0.15) is 0 Å². The Morgan fingerprint density at radius 2 is 2.00 bits per heavy atom. The molecule has 7 nitrogen and oxygen atoms in total. The topological polar surface area (TPSA) is 78.1 Å². The molecule has 0 aliphatic rings. The van der Waals surface area contributed by atoms with E-state index in [1.807, 2.05) is 36.0 Å². The molecular formula is C22H19FN4O3. The Morgan fingerprint density at radius 3 is 2.77 bits per heavy atom.